The van der Waals surface area contributed by atoms with Gasteiger partial charge in [-0.3, -0.25) is 14.0 Å². The molecule has 0 aromatic carbocycles. The van der Waals surface area contributed by atoms with Crippen LogP contribution in [-0.2, 0) is 10.2 Å². The number of anilines is 1. The lowest BCUT2D eigenvalue weighted by Crippen LogP contribution is -2.48. The fourth-order valence-electron chi connectivity index (χ4n) is 5.31. The molecule has 3 saturated carbocycles. The SMILES string of the molecule is O=C(Nc1cccn([C@@H]2C[C@@H]2F)c1=O)c1cn2cc(C34COC(CF)(C3)C4)nc2nc1OC1CC1. The Kier molecular flexibility index (Phi) is 4.25. The number of amides is 1. The Morgan fingerprint density at radius 2 is 2.09 bits per heavy atom. The molecule has 2 aliphatic heterocycles. The Balaban J connectivity index is 1.22. The highest BCUT2D eigenvalue weighted by molar-refractivity contribution is 6.05. The molecule has 5 aliphatic rings. The van der Waals surface area contributed by atoms with Gasteiger partial charge < -0.3 is 19.4 Å². The lowest BCUT2D eigenvalue weighted by Gasteiger charge is -2.41. The van der Waals surface area contributed by atoms with E-state index in [-0.39, 0.29) is 28.6 Å². The lowest BCUT2D eigenvalue weighted by atomic mass is 9.61. The summed E-state index contributed by atoms with van der Waals surface area (Å²) < 4.78 is 41.4. The first-order chi connectivity index (χ1) is 16.9. The molecule has 0 radical (unpaired) electrons. The summed E-state index contributed by atoms with van der Waals surface area (Å²) >= 11 is 0. The van der Waals surface area contributed by atoms with Crippen LogP contribution in [0.3, 0.4) is 0 Å². The second-order valence-electron chi connectivity index (χ2n) is 10.3. The number of aromatic nitrogens is 4. The second kappa shape index (κ2) is 7.09. The number of halogens is 2. The molecule has 3 aromatic rings. The van der Waals surface area contributed by atoms with Crippen LogP contribution in [0.4, 0.5) is 14.5 Å². The molecular weight excluding hydrogens is 460 g/mol. The molecule has 35 heavy (non-hydrogen) atoms. The van der Waals surface area contributed by atoms with Crippen LogP contribution in [0.5, 0.6) is 5.88 Å². The van der Waals surface area contributed by atoms with E-state index < -0.39 is 36.0 Å². The average Bonchev–Trinajstić information content (AvgIpc) is 3.64. The van der Waals surface area contributed by atoms with Crippen molar-refractivity contribution in [2.75, 3.05) is 18.6 Å². The molecule has 3 aliphatic carbocycles. The summed E-state index contributed by atoms with van der Waals surface area (Å²) in [6, 6.07) is 2.60. The molecule has 1 amide bonds. The minimum atomic E-state index is -1.05. The fourth-order valence-corrected chi connectivity index (χ4v) is 5.31. The van der Waals surface area contributed by atoms with Crippen molar-refractivity contribution in [3.05, 3.63) is 52.3 Å². The topological polar surface area (TPSA) is 99.8 Å². The van der Waals surface area contributed by atoms with E-state index in [9.17, 15) is 18.4 Å². The van der Waals surface area contributed by atoms with Crippen LogP contribution in [0.2, 0.25) is 0 Å². The van der Waals surface area contributed by atoms with E-state index in [2.05, 4.69) is 15.3 Å². The number of nitrogens with zero attached hydrogens (tertiary/aromatic N) is 4. The van der Waals surface area contributed by atoms with Crippen molar-refractivity contribution in [1.82, 2.24) is 18.9 Å². The van der Waals surface area contributed by atoms with Crippen molar-refractivity contribution in [2.45, 2.75) is 61.4 Å². The molecule has 3 aromatic heterocycles. The number of hydrogen-bond donors (Lipinski definition) is 1. The Labute approximate surface area is 198 Å². The van der Waals surface area contributed by atoms with Crippen molar-refractivity contribution < 1.29 is 23.0 Å². The normalized spacial score (nSPS) is 30.8. The number of carbonyl (C=O) groups is 1. The molecule has 1 N–H and O–H groups in total. The number of ether oxygens (including phenoxy) is 2. The molecule has 2 atom stereocenters. The maximum atomic E-state index is 13.5. The number of nitrogens with one attached hydrogen (secondary N) is 1. The van der Waals surface area contributed by atoms with Gasteiger partial charge in [-0.1, -0.05) is 0 Å². The summed E-state index contributed by atoms with van der Waals surface area (Å²) in [5.41, 5.74) is -0.538. The molecule has 5 fully saturated rings. The molecule has 2 bridgehead atoms. The van der Waals surface area contributed by atoms with Gasteiger partial charge in [0.2, 0.25) is 11.7 Å². The minimum absolute atomic E-state index is 0.0186. The predicted octanol–water partition coefficient (Wildman–Crippen LogP) is 2.74. The van der Waals surface area contributed by atoms with Gasteiger partial charge in [0.05, 0.1) is 23.9 Å². The van der Waals surface area contributed by atoms with E-state index >= 15 is 0 Å². The molecule has 5 heterocycles. The van der Waals surface area contributed by atoms with Gasteiger partial charge >= 0.3 is 0 Å². The molecule has 11 heteroatoms. The summed E-state index contributed by atoms with van der Waals surface area (Å²) in [6.45, 7) is -0.113. The monoisotopic (exact) mass is 483 g/mol. The Bertz CT molecular complexity index is 1430. The maximum Gasteiger partial charge on any atom is 0.274 e. The van der Waals surface area contributed by atoms with Crippen LogP contribution in [0.1, 0.15) is 54.2 Å². The molecule has 182 valence electrons. The van der Waals surface area contributed by atoms with E-state index in [1.165, 1.54) is 16.8 Å². The largest absolute Gasteiger partial charge is 0.474 e. The van der Waals surface area contributed by atoms with E-state index in [4.69, 9.17) is 9.47 Å². The maximum absolute atomic E-state index is 13.5. The van der Waals surface area contributed by atoms with Crippen LogP contribution in [0.25, 0.3) is 5.78 Å². The Morgan fingerprint density at radius 3 is 2.77 bits per heavy atom. The van der Waals surface area contributed by atoms with Gasteiger partial charge in [0, 0.05) is 30.4 Å². The van der Waals surface area contributed by atoms with Crippen molar-refractivity contribution in [2.24, 2.45) is 0 Å². The van der Waals surface area contributed by atoms with Gasteiger partial charge in [0.15, 0.2) is 0 Å². The van der Waals surface area contributed by atoms with E-state index in [0.717, 1.165) is 18.5 Å². The quantitative estimate of drug-likeness (QED) is 0.555. The standard InChI is InChI=1S/C24H23F2N5O4/c25-11-24-9-23(10-24,12-34-24)18-8-30-7-14(20(29-22(30)28-18)35-13-3-4-13)19(32)27-16-2-1-5-31(21(16)33)17-6-15(17)26/h1-2,5,7-8,13,15,17H,3-4,6,9-12H2,(H,27,32)/t15-,17+,23?,24?/m0/s1. The first kappa shape index (κ1) is 21.0. The predicted molar refractivity (Wildman–Crippen MR) is 119 cm³/mol. The Hall–Kier alpha value is -3.34. The number of alkyl halides is 2. The zero-order valence-corrected chi connectivity index (χ0v) is 18.7. The van der Waals surface area contributed by atoms with Gasteiger partial charge in [-0.2, -0.15) is 4.98 Å². The zero-order chi connectivity index (χ0) is 23.9. The molecular formula is C24H23F2N5O4. The van der Waals surface area contributed by atoms with Crippen LogP contribution >= 0.6 is 0 Å². The highest BCUT2D eigenvalue weighted by Gasteiger charge is 2.64. The van der Waals surface area contributed by atoms with Gasteiger partial charge in [0.25, 0.3) is 11.5 Å². The third-order valence-corrected chi connectivity index (χ3v) is 7.48. The highest BCUT2D eigenvalue weighted by atomic mass is 19.1. The number of fused-ring (bicyclic) bond motifs is 2. The van der Waals surface area contributed by atoms with Crippen LogP contribution in [0.15, 0.2) is 35.5 Å². The smallest absolute Gasteiger partial charge is 0.274 e. The number of hydrogen-bond acceptors (Lipinski definition) is 6. The van der Waals surface area contributed by atoms with Gasteiger partial charge in [0.1, 0.15) is 30.2 Å². The number of imidazole rings is 1. The fraction of sp³-hybridized carbons (Fsp3) is 0.500. The molecule has 2 saturated heterocycles. The number of carbonyl (C=O) groups excluding carboxylic acids is 1. The van der Waals surface area contributed by atoms with E-state index in [1.807, 2.05) is 0 Å². The van der Waals surface area contributed by atoms with Crippen molar-refractivity contribution in [1.29, 1.82) is 0 Å². The van der Waals surface area contributed by atoms with Gasteiger partial charge in [-0.15, -0.1) is 0 Å². The zero-order valence-electron chi connectivity index (χ0n) is 18.7. The van der Waals surface area contributed by atoms with Crippen molar-refractivity contribution in [3.8, 4) is 5.88 Å². The van der Waals surface area contributed by atoms with Crippen molar-refractivity contribution in [3.63, 3.8) is 0 Å². The third-order valence-electron chi connectivity index (χ3n) is 7.48. The van der Waals surface area contributed by atoms with E-state index in [1.54, 1.807) is 22.9 Å². The molecule has 0 spiro atoms. The van der Waals surface area contributed by atoms with Crippen LogP contribution in [0, 0.1) is 0 Å². The lowest BCUT2D eigenvalue weighted by molar-refractivity contribution is -0.0235. The highest BCUT2D eigenvalue weighted by Crippen LogP contribution is 2.58. The third kappa shape index (κ3) is 3.28. The van der Waals surface area contributed by atoms with Crippen LogP contribution in [-0.4, -0.2) is 56.0 Å². The summed E-state index contributed by atoms with van der Waals surface area (Å²) in [4.78, 5) is 35.2. The minimum Gasteiger partial charge on any atom is -0.474 e. The van der Waals surface area contributed by atoms with E-state index in [0.29, 0.717) is 31.6 Å². The average molecular weight is 483 g/mol. The Morgan fingerprint density at radius 1 is 1.29 bits per heavy atom. The first-order valence-corrected chi connectivity index (χ1v) is 11.8. The molecule has 8 rings (SSSR count). The molecule has 9 nitrogen and oxygen atoms in total. The summed E-state index contributed by atoms with van der Waals surface area (Å²) in [7, 11) is 0. The summed E-state index contributed by atoms with van der Waals surface area (Å²) in [6.07, 6.45) is 7.00. The van der Waals surface area contributed by atoms with Gasteiger partial charge in [-0.05, 0) is 37.8 Å². The van der Waals surface area contributed by atoms with Crippen molar-refractivity contribution >= 4 is 17.4 Å². The summed E-state index contributed by atoms with van der Waals surface area (Å²) in [5.74, 6) is -0.0463. The number of rotatable bonds is 7. The van der Waals surface area contributed by atoms with Gasteiger partial charge in [-0.25, -0.2) is 13.8 Å². The van der Waals surface area contributed by atoms with Crippen LogP contribution < -0.4 is 15.6 Å². The molecule has 0 unspecified atom stereocenters. The summed E-state index contributed by atoms with van der Waals surface area (Å²) in [5, 5.41) is 2.64. The number of pyridine rings is 1. The second-order valence-corrected chi connectivity index (χ2v) is 10.3. The first-order valence-electron chi connectivity index (χ1n) is 11.8.